The summed E-state index contributed by atoms with van der Waals surface area (Å²) in [6.45, 7) is 5.62. The molecule has 0 amide bonds. The molecule has 2 nitrogen and oxygen atoms in total. The van der Waals surface area contributed by atoms with Crippen molar-refractivity contribution < 1.29 is 0 Å². The normalized spacial score (nSPS) is 20.6. The van der Waals surface area contributed by atoms with Crippen LogP contribution in [0.3, 0.4) is 0 Å². The van der Waals surface area contributed by atoms with E-state index in [1.165, 1.54) is 12.0 Å². The second-order valence-electron chi connectivity index (χ2n) is 4.63. The molecule has 3 heteroatoms. The standard InChI is InChI=1S/C12H17ClN2/c1-8(2)10-4-5-15(3)12-11(10)6-9(13)7-14-12/h6-8,10H,4-5H2,1-3H3/t10-/m1/s1. The molecule has 0 saturated carbocycles. The molecule has 1 aromatic rings. The molecule has 82 valence electrons. The number of nitrogens with zero attached hydrogens (tertiary/aromatic N) is 2. The predicted molar refractivity (Wildman–Crippen MR) is 64.7 cm³/mol. The fourth-order valence-corrected chi connectivity index (χ4v) is 2.49. The van der Waals surface area contributed by atoms with Crippen molar-refractivity contribution in [3.05, 3.63) is 22.8 Å². The van der Waals surface area contributed by atoms with E-state index >= 15 is 0 Å². The number of halogens is 1. The van der Waals surface area contributed by atoms with Crippen LogP contribution in [0, 0.1) is 5.92 Å². The van der Waals surface area contributed by atoms with Crippen molar-refractivity contribution in [2.45, 2.75) is 26.2 Å². The van der Waals surface area contributed by atoms with Gasteiger partial charge in [0.2, 0.25) is 0 Å². The molecule has 15 heavy (non-hydrogen) atoms. The van der Waals surface area contributed by atoms with Crippen LogP contribution in [0.4, 0.5) is 5.82 Å². The molecule has 2 heterocycles. The topological polar surface area (TPSA) is 16.1 Å². The molecule has 0 aromatic carbocycles. The molecule has 1 aliphatic heterocycles. The van der Waals surface area contributed by atoms with E-state index in [9.17, 15) is 0 Å². The summed E-state index contributed by atoms with van der Waals surface area (Å²) in [5.41, 5.74) is 1.31. The molecule has 0 aliphatic carbocycles. The van der Waals surface area contributed by atoms with Gasteiger partial charge in [-0.05, 0) is 29.9 Å². The zero-order valence-corrected chi connectivity index (χ0v) is 10.3. The summed E-state index contributed by atoms with van der Waals surface area (Å²) in [4.78, 5) is 6.64. The second-order valence-corrected chi connectivity index (χ2v) is 5.06. The van der Waals surface area contributed by atoms with Crippen molar-refractivity contribution in [1.82, 2.24) is 4.98 Å². The molecule has 0 unspecified atom stereocenters. The van der Waals surface area contributed by atoms with E-state index < -0.39 is 0 Å². The first kappa shape index (κ1) is 10.7. The van der Waals surface area contributed by atoms with Crippen LogP contribution in [0.25, 0.3) is 0 Å². The highest BCUT2D eigenvalue weighted by molar-refractivity contribution is 6.30. The number of pyridine rings is 1. The summed E-state index contributed by atoms with van der Waals surface area (Å²) >= 11 is 6.01. The van der Waals surface area contributed by atoms with E-state index in [0.717, 1.165) is 17.4 Å². The minimum Gasteiger partial charge on any atom is -0.359 e. The Morgan fingerprint density at radius 2 is 2.27 bits per heavy atom. The van der Waals surface area contributed by atoms with Gasteiger partial charge in [0.15, 0.2) is 0 Å². The van der Waals surface area contributed by atoms with Crippen LogP contribution in [0.15, 0.2) is 12.3 Å². The number of rotatable bonds is 1. The van der Waals surface area contributed by atoms with E-state index in [4.69, 9.17) is 11.6 Å². The zero-order valence-electron chi connectivity index (χ0n) is 9.50. The number of hydrogen-bond acceptors (Lipinski definition) is 2. The largest absolute Gasteiger partial charge is 0.359 e. The second kappa shape index (κ2) is 4.01. The van der Waals surface area contributed by atoms with Crippen molar-refractivity contribution in [3.8, 4) is 0 Å². The average molecular weight is 225 g/mol. The summed E-state index contributed by atoms with van der Waals surface area (Å²) in [7, 11) is 2.09. The van der Waals surface area contributed by atoms with Gasteiger partial charge in [0.1, 0.15) is 5.82 Å². The van der Waals surface area contributed by atoms with Crippen molar-refractivity contribution in [2.75, 3.05) is 18.5 Å². The average Bonchev–Trinajstić information content (AvgIpc) is 2.17. The van der Waals surface area contributed by atoms with Crippen molar-refractivity contribution in [2.24, 2.45) is 5.92 Å². The first-order chi connectivity index (χ1) is 7.09. The highest BCUT2D eigenvalue weighted by Gasteiger charge is 2.26. The Morgan fingerprint density at radius 3 is 2.93 bits per heavy atom. The molecule has 2 rings (SSSR count). The maximum absolute atomic E-state index is 6.01. The Balaban J connectivity index is 2.46. The van der Waals surface area contributed by atoms with Gasteiger partial charge >= 0.3 is 0 Å². The highest BCUT2D eigenvalue weighted by Crippen LogP contribution is 2.38. The third-order valence-corrected chi connectivity index (χ3v) is 3.41. The summed E-state index contributed by atoms with van der Waals surface area (Å²) in [6, 6.07) is 2.07. The maximum Gasteiger partial charge on any atom is 0.131 e. The fourth-order valence-electron chi connectivity index (χ4n) is 2.33. The Labute approximate surface area is 96.3 Å². The molecule has 0 N–H and O–H groups in total. The van der Waals surface area contributed by atoms with E-state index in [2.05, 4.69) is 36.8 Å². The Bertz CT molecular complexity index is 363. The van der Waals surface area contributed by atoms with Gasteiger partial charge in [-0.1, -0.05) is 25.4 Å². The molecule has 0 spiro atoms. The lowest BCUT2D eigenvalue weighted by atomic mass is 9.83. The van der Waals surface area contributed by atoms with Crippen LogP contribution in [0.2, 0.25) is 5.02 Å². The minimum absolute atomic E-state index is 0.599. The first-order valence-corrected chi connectivity index (χ1v) is 5.84. The van der Waals surface area contributed by atoms with E-state index in [0.29, 0.717) is 11.8 Å². The lowest BCUT2D eigenvalue weighted by Crippen LogP contribution is -2.30. The van der Waals surface area contributed by atoms with Gasteiger partial charge in [0, 0.05) is 19.8 Å². The van der Waals surface area contributed by atoms with Crippen molar-refractivity contribution in [1.29, 1.82) is 0 Å². The summed E-state index contributed by atoms with van der Waals surface area (Å²) in [5.74, 6) is 2.35. The lowest BCUT2D eigenvalue weighted by molar-refractivity contribution is 0.453. The van der Waals surface area contributed by atoms with Crippen LogP contribution < -0.4 is 4.90 Å². The summed E-state index contributed by atoms with van der Waals surface area (Å²) in [6.07, 6.45) is 2.93. The number of hydrogen-bond donors (Lipinski definition) is 0. The molecule has 1 aliphatic rings. The van der Waals surface area contributed by atoms with Crippen molar-refractivity contribution >= 4 is 17.4 Å². The van der Waals surface area contributed by atoms with Gasteiger partial charge in [0.05, 0.1) is 5.02 Å². The van der Waals surface area contributed by atoms with E-state index in [1.807, 2.05) is 0 Å². The molecule has 0 bridgehead atoms. The molecule has 1 aromatic heterocycles. The fraction of sp³-hybridized carbons (Fsp3) is 0.583. The quantitative estimate of drug-likeness (QED) is 0.728. The van der Waals surface area contributed by atoms with Gasteiger partial charge < -0.3 is 4.90 Å². The van der Waals surface area contributed by atoms with Crippen LogP contribution in [-0.2, 0) is 0 Å². The number of anilines is 1. The smallest absolute Gasteiger partial charge is 0.131 e. The Kier molecular flexibility index (Phi) is 2.87. The van der Waals surface area contributed by atoms with Crippen LogP contribution in [0.5, 0.6) is 0 Å². The molecule has 1 atom stereocenters. The highest BCUT2D eigenvalue weighted by atomic mass is 35.5. The Hall–Kier alpha value is -0.760. The number of fused-ring (bicyclic) bond motifs is 1. The third-order valence-electron chi connectivity index (χ3n) is 3.20. The Morgan fingerprint density at radius 1 is 1.53 bits per heavy atom. The molecular formula is C12H17ClN2. The van der Waals surface area contributed by atoms with Crippen LogP contribution in [0.1, 0.15) is 31.7 Å². The minimum atomic E-state index is 0.599. The predicted octanol–water partition coefficient (Wildman–Crippen LogP) is 3.31. The molecular weight excluding hydrogens is 208 g/mol. The van der Waals surface area contributed by atoms with Crippen molar-refractivity contribution in [3.63, 3.8) is 0 Å². The molecule has 0 fully saturated rings. The van der Waals surface area contributed by atoms with E-state index in [1.54, 1.807) is 6.20 Å². The molecule has 0 radical (unpaired) electrons. The van der Waals surface area contributed by atoms with Crippen LogP contribution >= 0.6 is 11.6 Å². The van der Waals surface area contributed by atoms with Gasteiger partial charge in [0.25, 0.3) is 0 Å². The van der Waals surface area contributed by atoms with E-state index in [-0.39, 0.29) is 0 Å². The SMILES string of the molecule is CC(C)[C@H]1CCN(C)c2ncc(Cl)cc21. The summed E-state index contributed by atoms with van der Waals surface area (Å²) < 4.78 is 0. The molecule has 0 saturated heterocycles. The monoisotopic (exact) mass is 224 g/mol. The zero-order chi connectivity index (χ0) is 11.0. The van der Waals surface area contributed by atoms with Gasteiger partial charge in [-0.2, -0.15) is 0 Å². The van der Waals surface area contributed by atoms with Crippen LogP contribution in [-0.4, -0.2) is 18.6 Å². The summed E-state index contributed by atoms with van der Waals surface area (Å²) in [5, 5.41) is 0.745. The number of aromatic nitrogens is 1. The third kappa shape index (κ3) is 1.96. The van der Waals surface area contributed by atoms with Gasteiger partial charge in [-0.3, -0.25) is 0 Å². The van der Waals surface area contributed by atoms with Gasteiger partial charge in [-0.25, -0.2) is 4.98 Å². The lowest BCUT2D eigenvalue weighted by Gasteiger charge is -2.34. The first-order valence-electron chi connectivity index (χ1n) is 5.46. The van der Waals surface area contributed by atoms with Gasteiger partial charge in [-0.15, -0.1) is 0 Å². The maximum atomic E-state index is 6.01.